The minimum absolute atomic E-state index is 0.174. The highest BCUT2D eigenvalue weighted by Crippen LogP contribution is 2.46. The maximum absolute atomic E-state index is 11.6. The second kappa shape index (κ2) is 3.67. The second-order valence-corrected chi connectivity index (χ2v) is 4.31. The lowest BCUT2D eigenvalue weighted by Gasteiger charge is -2.33. The van der Waals surface area contributed by atoms with Crippen LogP contribution in [0.4, 0.5) is 0 Å². The van der Waals surface area contributed by atoms with Crippen molar-refractivity contribution in [3.05, 3.63) is 48.1 Å². The lowest BCUT2D eigenvalue weighted by atomic mass is 9.72. The molecule has 1 fully saturated rings. The Bertz CT molecular complexity index is 456. The molecule has 2 aliphatic rings. The van der Waals surface area contributed by atoms with Gasteiger partial charge in [0.2, 0.25) is 0 Å². The van der Waals surface area contributed by atoms with Crippen LogP contribution >= 0.6 is 0 Å². The van der Waals surface area contributed by atoms with Crippen LogP contribution in [-0.4, -0.2) is 5.91 Å². The zero-order valence-electron chi connectivity index (χ0n) is 8.85. The van der Waals surface area contributed by atoms with Crippen LogP contribution in [0, 0.1) is 11.8 Å². The topological polar surface area (TPSA) is 42.2 Å². The molecule has 3 rings (SSSR count). The molecule has 3 nitrogen and oxygen atoms in total. The molecular weight excluding hydrogens is 202 g/mol. The molecule has 0 radical (unpaired) electrons. The average molecular weight is 215 g/mol. The summed E-state index contributed by atoms with van der Waals surface area (Å²) in [5.41, 5.74) is 1.34. The first kappa shape index (κ1) is 9.46. The van der Waals surface area contributed by atoms with Gasteiger partial charge in [-0.05, 0) is 42.4 Å². The van der Waals surface area contributed by atoms with Gasteiger partial charge < -0.3 is 9.73 Å². The number of amides is 1. The fourth-order valence-corrected chi connectivity index (χ4v) is 2.41. The van der Waals surface area contributed by atoms with E-state index < -0.39 is 0 Å². The fourth-order valence-electron chi connectivity index (χ4n) is 2.41. The zero-order chi connectivity index (χ0) is 11.0. The summed E-state index contributed by atoms with van der Waals surface area (Å²) in [6.07, 6.45) is 10.1. The normalized spacial score (nSPS) is 28.9. The fraction of sp³-hybridized carbons (Fsp3) is 0.308. The van der Waals surface area contributed by atoms with Crippen LogP contribution in [0.5, 0.6) is 0 Å². The monoisotopic (exact) mass is 215 g/mol. The number of nitrogens with one attached hydrogen (secondary N) is 1. The molecule has 0 spiro atoms. The quantitative estimate of drug-likeness (QED) is 0.770. The highest BCUT2D eigenvalue weighted by molar-refractivity contribution is 5.92. The van der Waals surface area contributed by atoms with Crippen molar-refractivity contribution in [1.29, 1.82) is 0 Å². The molecule has 0 aliphatic heterocycles. The molecule has 1 heterocycles. The van der Waals surface area contributed by atoms with E-state index in [0.717, 1.165) is 12.8 Å². The molecule has 0 bridgehead atoms. The first-order valence-corrected chi connectivity index (χ1v) is 5.54. The van der Waals surface area contributed by atoms with Gasteiger partial charge in [0.15, 0.2) is 5.76 Å². The van der Waals surface area contributed by atoms with Gasteiger partial charge >= 0.3 is 0 Å². The molecule has 1 saturated carbocycles. The van der Waals surface area contributed by atoms with Gasteiger partial charge in [-0.3, -0.25) is 4.79 Å². The molecule has 2 unspecified atom stereocenters. The standard InChI is InChI=1S/C13H13NO2/c15-13(12-5-2-6-16-12)14-8-10-7-9-3-1-4-11(9)10/h1-3,5-6,8-9,11H,4,7H2,(H,14,15). The van der Waals surface area contributed by atoms with E-state index in [1.54, 1.807) is 12.1 Å². The highest BCUT2D eigenvalue weighted by atomic mass is 16.3. The van der Waals surface area contributed by atoms with Crippen LogP contribution in [0.2, 0.25) is 0 Å². The smallest absolute Gasteiger partial charge is 0.290 e. The minimum atomic E-state index is -0.174. The van der Waals surface area contributed by atoms with E-state index in [1.807, 2.05) is 6.20 Å². The van der Waals surface area contributed by atoms with Gasteiger partial charge in [0.25, 0.3) is 5.91 Å². The maximum atomic E-state index is 11.6. The molecule has 3 heteroatoms. The van der Waals surface area contributed by atoms with Crippen LogP contribution < -0.4 is 5.32 Å². The molecule has 1 N–H and O–H groups in total. The Morgan fingerprint density at radius 1 is 1.56 bits per heavy atom. The summed E-state index contributed by atoms with van der Waals surface area (Å²) in [6.45, 7) is 0. The van der Waals surface area contributed by atoms with E-state index in [0.29, 0.717) is 17.6 Å². The van der Waals surface area contributed by atoms with Gasteiger partial charge in [0.05, 0.1) is 6.26 Å². The Kier molecular flexibility index (Phi) is 2.17. The van der Waals surface area contributed by atoms with Crippen LogP contribution in [0.1, 0.15) is 23.4 Å². The molecule has 1 aromatic heterocycles. The molecule has 2 aliphatic carbocycles. The lowest BCUT2D eigenvalue weighted by molar-refractivity contribution is 0.0941. The van der Waals surface area contributed by atoms with Crippen molar-refractivity contribution >= 4 is 5.91 Å². The third-order valence-electron chi connectivity index (χ3n) is 3.37. The zero-order valence-corrected chi connectivity index (χ0v) is 8.85. The van der Waals surface area contributed by atoms with Gasteiger partial charge in [-0.25, -0.2) is 0 Å². The number of hydrogen-bond donors (Lipinski definition) is 1. The number of furan rings is 1. The Labute approximate surface area is 93.8 Å². The summed E-state index contributed by atoms with van der Waals surface area (Å²) in [4.78, 5) is 11.6. The molecule has 0 aromatic carbocycles. The number of carbonyl (C=O) groups is 1. The summed E-state index contributed by atoms with van der Waals surface area (Å²) in [5.74, 6) is 1.54. The maximum Gasteiger partial charge on any atom is 0.290 e. The van der Waals surface area contributed by atoms with Crippen LogP contribution in [-0.2, 0) is 0 Å². The van der Waals surface area contributed by atoms with Crippen molar-refractivity contribution in [2.24, 2.45) is 11.8 Å². The summed E-state index contributed by atoms with van der Waals surface area (Å²) in [5, 5.41) is 2.78. The number of hydrogen-bond acceptors (Lipinski definition) is 2. The predicted molar refractivity (Wildman–Crippen MR) is 59.6 cm³/mol. The predicted octanol–water partition coefficient (Wildman–Crippen LogP) is 2.49. The summed E-state index contributed by atoms with van der Waals surface area (Å²) in [7, 11) is 0. The number of carbonyl (C=O) groups excluding carboxylic acids is 1. The molecule has 0 saturated heterocycles. The Hall–Kier alpha value is -1.77. The van der Waals surface area contributed by atoms with Gasteiger partial charge in [0.1, 0.15) is 0 Å². The van der Waals surface area contributed by atoms with Crippen molar-refractivity contribution in [2.75, 3.05) is 0 Å². The molecule has 2 atom stereocenters. The molecule has 16 heavy (non-hydrogen) atoms. The second-order valence-electron chi connectivity index (χ2n) is 4.31. The van der Waals surface area contributed by atoms with E-state index in [1.165, 1.54) is 11.8 Å². The Morgan fingerprint density at radius 3 is 3.25 bits per heavy atom. The molecule has 1 aromatic rings. The SMILES string of the molecule is O=C(NC=C1CC2C=CCC12)c1ccco1. The van der Waals surface area contributed by atoms with E-state index >= 15 is 0 Å². The largest absolute Gasteiger partial charge is 0.459 e. The van der Waals surface area contributed by atoms with E-state index in [4.69, 9.17) is 4.42 Å². The summed E-state index contributed by atoms with van der Waals surface area (Å²) >= 11 is 0. The number of fused-ring (bicyclic) bond motifs is 1. The van der Waals surface area contributed by atoms with Crippen LogP contribution in [0.25, 0.3) is 0 Å². The van der Waals surface area contributed by atoms with Crippen molar-refractivity contribution < 1.29 is 9.21 Å². The highest BCUT2D eigenvalue weighted by Gasteiger charge is 2.36. The Balaban J connectivity index is 1.61. The molecular formula is C13H13NO2. The summed E-state index contributed by atoms with van der Waals surface area (Å²) < 4.78 is 5.01. The molecule has 1 amide bonds. The van der Waals surface area contributed by atoms with E-state index in [-0.39, 0.29) is 5.91 Å². The summed E-state index contributed by atoms with van der Waals surface area (Å²) in [6, 6.07) is 3.37. The van der Waals surface area contributed by atoms with Crippen molar-refractivity contribution in [2.45, 2.75) is 12.8 Å². The van der Waals surface area contributed by atoms with Crippen LogP contribution in [0.15, 0.2) is 46.7 Å². The first-order valence-electron chi connectivity index (χ1n) is 5.54. The Morgan fingerprint density at radius 2 is 2.50 bits per heavy atom. The molecule has 82 valence electrons. The van der Waals surface area contributed by atoms with Crippen LogP contribution in [0.3, 0.4) is 0 Å². The number of rotatable bonds is 2. The third-order valence-corrected chi connectivity index (χ3v) is 3.37. The minimum Gasteiger partial charge on any atom is -0.459 e. The van der Waals surface area contributed by atoms with Gasteiger partial charge in [0, 0.05) is 6.20 Å². The van der Waals surface area contributed by atoms with Crippen molar-refractivity contribution in [3.63, 3.8) is 0 Å². The van der Waals surface area contributed by atoms with Gasteiger partial charge in [-0.15, -0.1) is 0 Å². The third kappa shape index (κ3) is 1.48. The van der Waals surface area contributed by atoms with Crippen molar-refractivity contribution in [3.8, 4) is 0 Å². The number of allylic oxidation sites excluding steroid dienone is 3. The van der Waals surface area contributed by atoms with E-state index in [9.17, 15) is 4.79 Å². The average Bonchev–Trinajstić information content (AvgIpc) is 2.88. The van der Waals surface area contributed by atoms with Gasteiger partial charge in [-0.2, -0.15) is 0 Å². The lowest BCUT2D eigenvalue weighted by Crippen LogP contribution is -2.27. The van der Waals surface area contributed by atoms with E-state index in [2.05, 4.69) is 17.5 Å². The first-order chi connectivity index (χ1) is 7.84. The van der Waals surface area contributed by atoms with Gasteiger partial charge in [-0.1, -0.05) is 12.2 Å². The van der Waals surface area contributed by atoms with Crippen molar-refractivity contribution in [1.82, 2.24) is 5.32 Å².